The number of imide groups is 1. The van der Waals surface area contributed by atoms with Crippen LogP contribution in [0.25, 0.3) is 0 Å². The Kier molecular flexibility index (Phi) is 5.08. The molecule has 0 spiro atoms. The number of hydrogen-bond acceptors (Lipinski definition) is 3. The molecule has 1 fully saturated rings. The Morgan fingerprint density at radius 2 is 1.71 bits per heavy atom. The Bertz CT molecular complexity index is 949. The normalized spacial score (nSPS) is 18.9. The van der Waals surface area contributed by atoms with Crippen LogP contribution in [-0.2, 0) is 15.1 Å². The maximum Gasteiger partial charge on any atom is 0.325 e. The van der Waals surface area contributed by atoms with Crippen molar-refractivity contribution in [2.75, 3.05) is 11.9 Å². The van der Waals surface area contributed by atoms with Gasteiger partial charge in [0, 0.05) is 24.2 Å². The summed E-state index contributed by atoms with van der Waals surface area (Å²) in [6.45, 7) is 1.01. The minimum atomic E-state index is -1.78. The molecule has 1 aliphatic heterocycles. The summed E-state index contributed by atoms with van der Waals surface area (Å²) in [4.78, 5) is 37.7. The van der Waals surface area contributed by atoms with Gasteiger partial charge in [0.15, 0.2) is 0 Å². The number of hydrogen-bond donors (Lipinski definition) is 2. The maximum atomic E-state index is 14.1. The van der Waals surface area contributed by atoms with Crippen molar-refractivity contribution in [1.82, 2.24) is 10.2 Å². The maximum absolute atomic E-state index is 14.1. The molecule has 2 aromatic rings. The van der Waals surface area contributed by atoms with Gasteiger partial charge in [-0.3, -0.25) is 14.5 Å². The fourth-order valence-electron chi connectivity index (χ4n) is 2.93. The molecule has 0 radical (unpaired) electrons. The van der Waals surface area contributed by atoms with Crippen molar-refractivity contribution >= 4 is 23.5 Å². The van der Waals surface area contributed by atoms with Gasteiger partial charge in [0.2, 0.25) is 5.91 Å². The number of carbonyl (C=O) groups is 3. The van der Waals surface area contributed by atoms with Crippen molar-refractivity contribution < 1.29 is 27.6 Å². The minimum Gasteiger partial charge on any atom is -0.326 e. The number of urea groups is 1. The smallest absolute Gasteiger partial charge is 0.325 e. The molecule has 1 atom stereocenters. The van der Waals surface area contributed by atoms with E-state index in [1.54, 1.807) is 0 Å². The molecule has 0 bridgehead atoms. The lowest BCUT2D eigenvalue weighted by Gasteiger charge is -2.22. The average Bonchev–Trinajstić information content (AvgIpc) is 2.87. The van der Waals surface area contributed by atoms with E-state index in [1.807, 2.05) is 0 Å². The standard InChI is InChI=1S/C19H16F3N3O3/c1-19(14-10-12(21)4-7-15(14)22)17(27)25(18(28)24-19)9-8-16(26)23-13-5-2-11(20)3-6-13/h2-7,10H,8-9H2,1H3,(H,23,26)(H,24,28). The van der Waals surface area contributed by atoms with Gasteiger partial charge in [-0.05, 0) is 49.4 Å². The van der Waals surface area contributed by atoms with Gasteiger partial charge in [-0.2, -0.15) is 0 Å². The minimum absolute atomic E-state index is 0.224. The SMILES string of the molecule is CC1(c2cc(F)ccc2F)NC(=O)N(CCC(=O)Nc2ccc(F)cc2)C1=O. The van der Waals surface area contributed by atoms with Crippen LogP contribution >= 0.6 is 0 Å². The largest absolute Gasteiger partial charge is 0.326 e. The van der Waals surface area contributed by atoms with E-state index in [1.165, 1.54) is 31.2 Å². The van der Waals surface area contributed by atoms with Gasteiger partial charge in [-0.1, -0.05) is 0 Å². The summed E-state index contributed by atoms with van der Waals surface area (Å²) in [5, 5.41) is 4.86. The van der Waals surface area contributed by atoms with Crippen molar-refractivity contribution in [3.8, 4) is 0 Å². The molecule has 4 amide bonds. The molecule has 0 saturated carbocycles. The molecule has 0 aromatic heterocycles. The van der Waals surface area contributed by atoms with Crippen molar-refractivity contribution in [2.24, 2.45) is 0 Å². The van der Waals surface area contributed by atoms with Crippen LogP contribution in [0.2, 0.25) is 0 Å². The van der Waals surface area contributed by atoms with E-state index in [0.717, 1.165) is 23.1 Å². The van der Waals surface area contributed by atoms with Crippen molar-refractivity contribution in [3.63, 3.8) is 0 Å². The second-order valence-electron chi connectivity index (χ2n) is 6.44. The highest BCUT2D eigenvalue weighted by Gasteiger charge is 2.50. The first-order valence-corrected chi connectivity index (χ1v) is 8.36. The molecule has 1 aliphatic rings. The van der Waals surface area contributed by atoms with Crippen LogP contribution in [0.15, 0.2) is 42.5 Å². The third kappa shape index (κ3) is 3.68. The number of amides is 4. The van der Waals surface area contributed by atoms with Crippen LogP contribution in [-0.4, -0.2) is 29.3 Å². The lowest BCUT2D eigenvalue weighted by Crippen LogP contribution is -2.42. The van der Waals surface area contributed by atoms with Crippen LogP contribution in [0.1, 0.15) is 18.9 Å². The number of rotatable bonds is 5. The molecule has 9 heteroatoms. The predicted molar refractivity (Wildman–Crippen MR) is 93.6 cm³/mol. The summed E-state index contributed by atoms with van der Waals surface area (Å²) in [6, 6.07) is 6.88. The fraction of sp³-hybridized carbons (Fsp3) is 0.211. The highest BCUT2D eigenvalue weighted by Crippen LogP contribution is 2.31. The molecule has 2 N–H and O–H groups in total. The fourth-order valence-corrected chi connectivity index (χ4v) is 2.93. The molecule has 1 heterocycles. The lowest BCUT2D eigenvalue weighted by molar-refractivity contribution is -0.131. The monoisotopic (exact) mass is 391 g/mol. The van der Waals surface area contributed by atoms with Gasteiger partial charge >= 0.3 is 6.03 Å². The quantitative estimate of drug-likeness (QED) is 0.770. The topological polar surface area (TPSA) is 78.5 Å². The number of carbonyl (C=O) groups excluding carboxylic acids is 3. The van der Waals surface area contributed by atoms with Crippen LogP contribution in [0.4, 0.5) is 23.7 Å². The van der Waals surface area contributed by atoms with Gasteiger partial charge < -0.3 is 10.6 Å². The van der Waals surface area contributed by atoms with E-state index in [9.17, 15) is 27.6 Å². The molecule has 28 heavy (non-hydrogen) atoms. The highest BCUT2D eigenvalue weighted by atomic mass is 19.1. The van der Waals surface area contributed by atoms with Crippen LogP contribution < -0.4 is 10.6 Å². The van der Waals surface area contributed by atoms with Crippen LogP contribution in [0.3, 0.4) is 0 Å². The van der Waals surface area contributed by atoms with E-state index in [2.05, 4.69) is 10.6 Å². The van der Waals surface area contributed by atoms with Gasteiger partial charge in [-0.15, -0.1) is 0 Å². The second-order valence-corrected chi connectivity index (χ2v) is 6.44. The summed E-state index contributed by atoms with van der Waals surface area (Å²) in [5.74, 6) is -3.35. The molecule has 146 valence electrons. The number of anilines is 1. The van der Waals surface area contributed by atoms with E-state index in [4.69, 9.17) is 0 Å². The molecule has 1 saturated heterocycles. The molecule has 3 rings (SSSR count). The number of halogens is 3. The average molecular weight is 391 g/mol. The summed E-state index contributed by atoms with van der Waals surface area (Å²) in [5.41, 5.74) is -1.73. The van der Waals surface area contributed by atoms with E-state index in [0.29, 0.717) is 5.69 Å². The Morgan fingerprint density at radius 1 is 1.07 bits per heavy atom. The highest BCUT2D eigenvalue weighted by molar-refractivity contribution is 6.07. The number of nitrogens with zero attached hydrogens (tertiary/aromatic N) is 1. The zero-order valence-corrected chi connectivity index (χ0v) is 14.8. The first kappa shape index (κ1) is 19.4. The Balaban J connectivity index is 1.69. The molecule has 0 aliphatic carbocycles. The summed E-state index contributed by atoms with van der Waals surface area (Å²) in [6.07, 6.45) is -0.224. The van der Waals surface area contributed by atoms with Gasteiger partial charge in [0.05, 0.1) is 0 Å². The van der Waals surface area contributed by atoms with Gasteiger partial charge in [0.1, 0.15) is 23.0 Å². The Morgan fingerprint density at radius 3 is 2.39 bits per heavy atom. The first-order chi connectivity index (χ1) is 13.2. The number of benzene rings is 2. The molecule has 2 aromatic carbocycles. The molecular formula is C19H16F3N3O3. The van der Waals surface area contributed by atoms with Crippen LogP contribution in [0, 0.1) is 17.5 Å². The van der Waals surface area contributed by atoms with E-state index < -0.39 is 40.8 Å². The van der Waals surface area contributed by atoms with Gasteiger partial charge in [-0.25, -0.2) is 18.0 Å². The molecular weight excluding hydrogens is 375 g/mol. The van der Waals surface area contributed by atoms with Crippen molar-refractivity contribution in [3.05, 3.63) is 65.5 Å². The predicted octanol–water partition coefficient (Wildman–Crippen LogP) is 2.90. The van der Waals surface area contributed by atoms with Gasteiger partial charge in [0.25, 0.3) is 5.91 Å². The number of nitrogens with one attached hydrogen (secondary N) is 2. The summed E-state index contributed by atoms with van der Waals surface area (Å²) < 4.78 is 40.5. The summed E-state index contributed by atoms with van der Waals surface area (Å²) in [7, 11) is 0. The lowest BCUT2D eigenvalue weighted by atomic mass is 9.91. The van der Waals surface area contributed by atoms with E-state index >= 15 is 0 Å². The zero-order chi connectivity index (χ0) is 20.5. The first-order valence-electron chi connectivity index (χ1n) is 8.36. The Labute approximate surface area is 158 Å². The van der Waals surface area contributed by atoms with Crippen molar-refractivity contribution in [2.45, 2.75) is 18.9 Å². The Hall–Kier alpha value is -3.36. The molecule has 6 nitrogen and oxygen atoms in total. The van der Waals surface area contributed by atoms with Crippen molar-refractivity contribution in [1.29, 1.82) is 0 Å². The third-order valence-corrected chi connectivity index (χ3v) is 4.43. The third-order valence-electron chi connectivity index (χ3n) is 4.43. The second kappa shape index (κ2) is 7.34. The van der Waals surface area contributed by atoms with Crippen LogP contribution in [0.5, 0.6) is 0 Å². The summed E-state index contributed by atoms with van der Waals surface area (Å²) >= 11 is 0. The van der Waals surface area contributed by atoms with E-state index in [-0.39, 0.29) is 18.5 Å². The molecule has 1 unspecified atom stereocenters. The zero-order valence-electron chi connectivity index (χ0n) is 14.8.